The average Bonchev–Trinajstić information content (AvgIpc) is 2.16. The molecule has 0 fully saturated rings. The van der Waals surface area contributed by atoms with Crippen LogP contribution in [0.1, 0.15) is 5.76 Å². The fourth-order valence-electron chi connectivity index (χ4n) is 1.41. The van der Waals surface area contributed by atoms with Crippen LogP contribution in [0.2, 0.25) is 0 Å². The van der Waals surface area contributed by atoms with E-state index in [-0.39, 0.29) is 11.1 Å². The Kier molecular flexibility index (Phi) is 2.00. The zero-order valence-electron chi connectivity index (χ0n) is 7.89. The van der Waals surface area contributed by atoms with Gasteiger partial charge < -0.3 is 4.42 Å². The lowest BCUT2D eigenvalue weighted by Crippen LogP contribution is -2.01. The predicted octanol–water partition coefficient (Wildman–Crippen LogP) is 2.01. The van der Waals surface area contributed by atoms with Gasteiger partial charge in [-0.05, 0) is 24.4 Å². The normalized spacial score (nSPS) is 10.5. The number of nitro groups is 1. The molecular formula is C10H7NO4. The molecule has 5 heteroatoms. The number of nitrogens with zero attached hydrogens (tertiary/aromatic N) is 1. The summed E-state index contributed by atoms with van der Waals surface area (Å²) in [7, 11) is 0. The monoisotopic (exact) mass is 205 g/mol. The first-order valence-corrected chi connectivity index (χ1v) is 4.27. The molecule has 0 unspecified atom stereocenters. The summed E-state index contributed by atoms with van der Waals surface area (Å²) < 4.78 is 4.85. The minimum Gasteiger partial charge on any atom is -0.428 e. The van der Waals surface area contributed by atoms with Crippen LogP contribution in [0, 0.1) is 17.0 Å². The largest absolute Gasteiger partial charge is 0.428 e. The van der Waals surface area contributed by atoms with Crippen molar-refractivity contribution in [2.75, 3.05) is 0 Å². The minimum atomic E-state index is -0.548. The Hall–Kier alpha value is -2.17. The van der Waals surface area contributed by atoms with Gasteiger partial charge >= 0.3 is 5.63 Å². The first-order valence-electron chi connectivity index (χ1n) is 4.27. The number of hydrogen-bond donors (Lipinski definition) is 0. The molecule has 0 atom stereocenters. The summed E-state index contributed by atoms with van der Waals surface area (Å²) in [4.78, 5) is 21.3. The molecule has 76 valence electrons. The highest BCUT2D eigenvalue weighted by molar-refractivity contribution is 5.83. The standard InChI is InChI=1S/C10H7NO4/c1-6-4-7-2-3-8(11(13)14)5-9(7)10(12)15-6/h2-5H,1H3. The van der Waals surface area contributed by atoms with E-state index in [9.17, 15) is 14.9 Å². The number of benzene rings is 1. The van der Waals surface area contributed by atoms with Crippen LogP contribution in [-0.4, -0.2) is 4.92 Å². The Morgan fingerprint density at radius 2 is 2.07 bits per heavy atom. The van der Waals surface area contributed by atoms with Gasteiger partial charge in [-0.1, -0.05) is 0 Å². The summed E-state index contributed by atoms with van der Waals surface area (Å²) in [5.41, 5.74) is -0.660. The maximum atomic E-state index is 11.4. The van der Waals surface area contributed by atoms with Crippen molar-refractivity contribution in [2.24, 2.45) is 0 Å². The molecule has 1 aromatic heterocycles. The van der Waals surface area contributed by atoms with Crippen molar-refractivity contribution in [3.8, 4) is 0 Å². The van der Waals surface area contributed by atoms with Crippen molar-refractivity contribution in [3.05, 3.63) is 50.6 Å². The predicted molar refractivity (Wildman–Crippen MR) is 53.9 cm³/mol. The molecule has 2 rings (SSSR count). The average molecular weight is 205 g/mol. The zero-order chi connectivity index (χ0) is 11.0. The molecular weight excluding hydrogens is 198 g/mol. The lowest BCUT2D eigenvalue weighted by molar-refractivity contribution is -0.384. The van der Waals surface area contributed by atoms with Crippen molar-refractivity contribution in [3.63, 3.8) is 0 Å². The molecule has 0 radical (unpaired) electrons. The summed E-state index contributed by atoms with van der Waals surface area (Å²) in [6.07, 6.45) is 0. The fourth-order valence-corrected chi connectivity index (χ4v) is 1.41. The summed E-state index contributed by atoms with van der Waals surface area (Å²) in [5.74, 6) is 0.487. The Morgan fingerprint density at radius 1 is 1.33 bits per heavy atom. The number of nitro benzene ring substituents is 1. The minimum absolute atomic E-state index is 0.112. The molecule has 5 nitrogen and oxygen atoms in total. The van der Waals surface area contributed by atoms with E-state index in [4.69, 9.17) is 4.42 Å². The van der Waals surface area contributed by atoms with Crippen LogP contribution in [0.3, 0.4) is 0 Å². The molecule has 0 aliphatic heterocycles. The van der Waals surface area contributed by atoms with Gasteiger partial charge in [0.1, 0.15) is 5.76 Å². The highest BCUT2D eigenvalue weighted by Crippen LogP contribution is 2.18. The highest BCUT2D eigenvalue weighted by atomic mass is 16.6. The third-order valence-electron chi connectivity index (χ3n) is 2.08. The van der Waals surface area contributed by atoms with Gasteiger partial charge in [-0.15, -0.1) is 0 Å². The highest BCUT2D eigenvalue weighted by Gasteiger charge is 2.09. The van der Waals surface area contributed by atoms with E-state index >= 15 is 0 Å². The number of hydrogen-bond acceptors (Lipinski definition) is 4. The summed E-state index contributed by atoms with van der Waals surface area (Å²) >= 11 is 0. The van der Waals surface area contributed by atoms with Gasteiger partial charge in [0.15, 0.2) is 0 Å². The second-order valence-electron chi connectivity index (χ2n) is 3.17. The van der Waals surface area contributed by atoms with Crippen LogP contribution in [0.15, 0.2) is 33.5 Å². The van der Waals surface area contributed by atoms with E-state index in [2.05, 4.69) is 0 Å². The molecule has 0 saturated carbocycles. The molecule has 0 amide bonds. The van der Waals surface area contributed by atoms with Gasteiger partial charge in [-0.2, -0.15) is 0 Å². The Balaban J connectivity index is 2.83. The molecule has 1 heterocycles. The summed E-state index contributed by atoms with van der Waals surface area (Å²) in [5, 5.41) is 11.4. The Bertz CT molecular complexity index is 600. The quantitative estimate of drug-likeness (QED) is 0.527. The van der Waals surface area contributed by atoms with Crippen LogP contribution < -0.4 is 5.63 Å². The van der Waals surface area contributed by atoms with Crippen molar-refractivity contribution in [1.29, 1.82) is 0 Å². The van der Waals surface area contributed by atoms with Gasteiger partial charge in [0.25, 0.3) is 5.69 Å². The number of non-ortho nitro benzene ring substituents is 1. The molecule has 15 heavy (non-hydrogen) atoms. The van der Waals surface area contributed by atoms with E-state index in [1.807, 2.05) is 0 Å². The van der Waals surface area contributed by atoms with Gasteiger partial charge in [0.2, 0.25) is 0 Å². The molecule has 0 saturated heterocycles. The van der Waals surface area contributed by atoms with Crippen LogP contribution in [0.4, 0.5) is 5.69 Å². The Labute approximate surface area is 84.1 Å². The van der Waals surface area contributed by atoms with Gasteiger partial charge in [0, 0.05) is 12.1 Å². The maximum Gasteiger partial charge on any atom is 0.344 e. The lowest BCUT2D eigenvalue weighted by Gasteiger charge is -1.97. The summed E-state index contributed by atoms with van der Waals surface area (Å²) in [6, 6.07) is 5.79. The maximum absolute atomic E-state index is 11.4. The molecule has 0 bridgehead atoms. The zero-order valence-corrected chi connectivity index (χ0v) is 7.89. The fraction of sp³-hybridized carbons (Fsp3) is 0.100. The van der Waals surface area contributed by atoms with Crippen LogP contribution in [-0.2, 0) is 0 Å². The Morgan fingerprint density at radius 3 is 2.73 bits per heavy atom. The third kappa shape index (κ3) is 1.59. The molecule has 2 aromatic rings. The molecule has 0 N–H and O–H groups in total. The SMILES string of the molecule is Cc1cc2ccc([N+](=O)[O-])cc2c(=O)o1. The van der Waals surface area contributed by atoms with Gasteiger partial charge in [-0.3, -0.25) is 10.1 Å². The van der Waals surface area contributed by atoms with Crippen LogP contribution in [0.25, 0.3) is 10.8 Å². The molecule has 0 spiro atoms. The van der Waals surface area contributed by atoms with Crippen molar-refractivity contribution in [2.45, 2.75) is 6.92 Å². The van der Waals surface area contributed by atoms with Gasteiger partial charge in [0.05, 0.1) is 10.3 Å². The summed E-state index contributed by atoms with van der Waals surface area (Å²) in [6.45, 7) is 1.66. The first kappa shape index (κ1) is 9.39. The van der Waals surface area contributed by atoms with E-state index in [1.54, 1.807) is 13.0 Å². The first-order chi connectivity index (χ1) is 7.08. The van der Waals surface area contributed by atoms with E-state index < -0.39 is 10.5 Å². The number of fused-ring (bicyclic) bond motifs is 1. The smallest absolute Gasteiger partial charge is 0.344 e. The van der Waals surface area contributed by atoms with Crippen molar-refractivity contribution < 1.29 is 9.34 Å². The number of aryl methyl sites for hydroxylation is 1. The molecule has 0 aliphatic carbocycles. The molecule has 0 aliphatic rings. The third-order valence-corrected chi connectivity index (χ3v) is 2.08. The number of rotatable bonds is 1. The van der Waals surface area contributed by atoms with E-state index in [1.165, 1.54) is 18.2 Å². The van der Waals surface area contributed by atoms with E-state index in [0.29, 0.717) is 11.1 Å². The topological polar surface area (TPSA) is 73.3 Å². The molecule has 1 aromatic carbocycles. The van der Waals surface area contributed by atoms with Crippen LogP contribution >= 0.6 is 0 Å². The van der Waals surface area contributed by atoms with Crippen molar-refractivity contribution in [1.82, 2.24) is 0 Å². The van der Waals surface area contributed by atoms with Crippen LogP contribution in [0.5, 0.6) is 0 Å². The second kappa shape index (κ2) is 3.20. The van der Waals surface area contributed by atoms with Crippen molar-refractivity contribution >= 4 is 16.5 Å². The second-order valence-corrected chi connectivity index (χ2v) is 3.17. The van der Waals surface area contributed by atoms with Gasteiger partial charge in [-0.25, -0.2) is 4.79 Å². The van der Waals surface area contributed by atoms with E-state index in [0.717, 1.165) is 0 Å². The lowest BCUT2D eigenvalue weighted by atomic mass is 10.1.